The van der Waals surface area contributed by atoms with Crippen LogP contribution in [0.25, 0.3) is 11.5 Å². The average Bonchev–Trinajstić information content (AvgIpc) is 2.74. The molecule has 2 N–H and O–H groups in total. The number of hydrogen-bond acceptors (Lipinski definition) is 4. The van der Waals surface area contributed by atoms with Gasteiger partial charge in [0.15, 0.2) is 5.76 Å². The van der Waals surface area contributed by atoms with Gasteiger partial charge in [-0.05, 0) is 32.0 Å². The van der Waals surface area contributed by atoms with Crippen molar-refractivity contribution in [2.75, 3.05) is 6.54 Å². The highest BCUT2D eigenvalue weighted by molar-refractivity contribution is 7.12. The number of rotatable bonds is 3. The van der Waals surface area contributed by atoms with Crippen molar-refractivity contribution in [2.45, 2.75) is 13.3 Å². The number of hydrogen-bond donors (Lipinski definition) is 1. The van der Waals surface area contributed by atoms with E-state index in [1.807, 2.05) is 19.1 Å². The lowest BCUT2D eigenvalue weighted by atomic mass is 10.2. The molecule has 0 aliphatic carbocycles. The second-order valence-corrected chi connectivity index (χ2v) is 4.31. The highest BCUT2D eigenvalue weighted by Crippen LogP contribution is 2.28. The van der Waals surface area contributed by atoms with Crippen molar-refractivity contribution < 1.29 is 4.42 Å². The van der Waals surface area contributed by atoms with Gasteiger partial charge in [0.25, 0.3) is 0 Å². The van der Waals surface area contributed by atoms with Crippen LogP contribution in [0.15, 0.2) is 22.8 Å². The molecule has 0 bridgehead atoms. The van der Waals surface area contributed by atoms with E-state index in [-0.39, 0.29) is 0 Å². The molecule has 3 nitrogen and oxygen atoms in total. The molecule has 0 unspecified atom stereocenters. The fourth-order valence-electron chi connectivity index (χ4n) is 1.38. The van der Waals surface area contributed by atoms with Gasteiger partial charge in [-0.2, -0.15) is 0 Å². The standard InChI is InChI=1S/C10H12N2OS/c1-7-12-10(8-3-2-6-13-8)9(14-7)4-5-11/h2-3,6H,4-5,11H2,1H3. The lowest BCUT2D eigenvalue weighted by Crippen LogP contribution is -2.01. The Morgan fingerprint density at radius 3 is 3.07 bits per heavy atom. The van der Waals surface area contributed by atoms with Crippen LogP contribution in [0, 0.1) is 6.92 Å². The predicted octanol–water partition coefficient (Wildman–Crippen LogP) is 2.21. The molecule has 0 aliphatic rings. The fraction of sp³-hybridized carbons (Fsp3) is 0.300. The first-order valence-electron chi connectivity index (χ1n) is 4.51. The van der Waals surface area contributed by atoms with Crippen molar-refractivity contribution >= 4 is 11.3 Å². The van der Waals surface area contributed by atoms with E-state index >= 15 is 0 Å². The third kappa shape index (κ3) is 1.71. The number of furan rings is 1. The van der Waals surface area contributed by atoms with E-state index in [2.05, 4.69) is 4.98 Å². The largest absolute Gasteiger partial charge is 0.463 e. The third-order valence-electron chi connectivity index (χ3n) is 1.93. The zero-order valence-electron chi connectivity index (χ0n) is 7.99. The first kappa shape index (κ1) is 9.43. The Morgan fingerprint density at radius 2 is 2.43 bits per heavy atom. The molecule has 0 atom stereocenters. The molecular weight excluding hydrogens is 196 g/mol. The van der Waals surface area contributed by atoms with Gasteiger partial charge in [-0.15, -0.1) is 11.3 Å². The summed E-state index contributed by atoms with van der Waals surface area (Å²) in [5.74, 6) is 0.831. The second-order valence-electron chi connectivity index (χ2n) is 3.02. The molecule has 0 radical (unpaired) electrons. The summed E-state index contributed by atoms with van der Waals surface area (Å²) in [6, 6.07) is 3.80. The van der Waals surface area contributed by atoms with Gasteiger partial charge in [0.05, 0.1) is 11.3 Å². The maximum absolute atomic E-state index is 5.54. The summed E-state index contributed by atoms with van der Waals surface area (Å²) < 4.78 is 5.32. The van der Waals surface area contributed by atoms with Gasteiger partial charge in [0.1, 0.15) is 5.69 Å². The van der Waals surface area contributed by atoms with Crippen LogP contribution in [0.3, 0.4) is 0 Å². The zero-order chi connectivity index (χ0) is 9.97. The van der Waals surface area contributed by atoms with Crippen LogP contribution in [0.1, 0.15) is 9.88 Å². The van der Waals surface area contributed by atoms with E-state index in [1.54, 1.807) is 17.6 Å². The lowest BCUT2D eigenvalue weighted by Gasteiger charge is -1.95. The highest BCUT2D eigenvalue weighted by atomic mass is 32.1. The van der Waals surface area contributed by atoms with Crippen LogP contribution in [-0.2, 0) is 6.42 Å². The zero-order valence-corrected chi connectivity index (χ0v) is 8.80. The SMILES string of the molecule is Cc1nc(-c2ccco2)c(CCN)s1. The summed E-state index contributed by atoms with van der Waals surface area (Å²) in [5.41, 5.74) is 6.49. The van der Waals surface area contributed by atoms with Crippen molar-refractivity contribution in [2.24, 2.45) is 5.73 Å². The highest BCUT2D eigenvalue weighted by Gasteiger charge is 2.12. The van der Waals surface area contributed by atoms with Gasteiger partial charge in [-0.25, -0.2) is 4.98 Å². The molecule has 0 aliphatic heterocycles. The van der Waals surface area contributed by atoms with Crippen LogP contribution >= 0.6 is 11.3 Å². The molecule has 2 heterocycles. The molecule has 2 rings (SSSR count). The van der Waals surface area contributed by atoms with E-state index in [0.717, 1.165) is 22.9 Å². The Hall–Kier alpha value is -1.13. The van der Waals surface area contributed by atoms with Gasteiger partial charge in [0, 0.05) is 4.88 Å². The van der Waals surface area contributed by atoms with Crippen LogP contribution < -0.4 is 5.73 Å². The minimum atomic E-state index is 0.648. The van der Waals surface area contributed by atoms with Gasteiger partial charge >= 0.3 is 0 Å². The van der Waals surface area contributed by atoms with Gasteiger partial charge in [0.2, 0.25) is 0 Å². The van der Waals surface area contributed by atoms with Crippen LogP contribution in [0.2, 0.25) is 0 Å². The summed E-state index contributed by atoms with van der Waals surface area (Å²) in [6.45, 7) is 2.65. The summed E-state index contributed by atoms with van der Waals surface area (Å²) in [4.78, 5) is 5.65. The summed E-state index contributed by atoms with van der Waals surface area (Å²) >= 11 is 1.69. The number of thiazole rings is 1. The van der Waals surface area contributed by atoms with Gasteiger partial charge in [-0.1, -0.05) is 0 Å². The Bertz CT molecular complexity index is 406. The molecule has 4 heteroatoms. The summed E-state index contributed by atoms with van der Waals surface area (Å²) in [5, 5.41) is 1.06. The van der Waals surface area contributed by atoms with Crippen molar-refractivity contribution in [3.8, 4) is 11.5 Å². The molecule has 2 aromatic rings. The Labute approximate surface area is 86.6 Å². The Balaban J connectivity index is 2.41. The number of nitrogens with zero attached hydrogens (tertiary/aromatic N) is 1. The minimum absolute atomic E-state index is 0.648. The molecule has 0 saturated carbocycles. The molecule has 0 aromatic carbocycles. The van der Waals surface area contributed by atoms with E-state index in [0.29, 0.717) is 6.54 Å². The Morgan fingerprint density at radius 1 is 1.57 bits per heavy atom. The molecule has 14 heavy (non-hydrogen) atoms. The summed E-state index contributed by atoms with van der Waals surface area (Å²) in [7, 11) is 0. The molecule has 0 spiro atoms. The van der Waals surface area contributed by atoms with Crippen LogP contribution in [0.5, 0.6) is 0 Å². The van der Waals surface area contributed by atoms with E-state index in [1.165, 1.54) is 4.88 Å². The first-order chi connectivity index (χ1) is 6.81. The number of aryl methyl sites for hydroxylation is 1. The summed E-state index contributed by atoms with van der Waals surface area (Å²) in [6.07, 6.45) is 2.53. The third-order valence-corrected chi connectivity index (χ3v) is 2.96. The van der Waals surface area contributed by atoms with Gasteiger partial charge < -0.3 is 10.2 Å². The quantitative estimate of drug-likeness (QED) is 0.841. The molecule has 0 saturated heterocycles. The molecule has 0 fully saturated rings. The topological polar surface area (TPSA) is 52.0 Å². The van der Waals surface area contributed by atoms with E-state index < -0.39 is 0 Å². The van der Waals surface area contributed by atoms with Crippen LogP contribution in [-0.4, -0.2) is 11.5 Å². The molecule has 74 valence electrons. The lowest BCUT2D eigenvalue weighted by molar-refractivity contribution is 0.579. The number of aromatic nitrogens is 1. The maximum Gasteiger partial charge on any atom is 0.153 e. The minimum Gasteiger partial charge on any atom is -0.463 e. The monoisotopic (exact) mass is 208 g/mol. The van der Waals surface area contributed by atoms with Crippen molar-refractivity contribution in [1.29, 1.82) is 0 Å². The first-order valence-corrected chi connectivity index (χ1v) is 5.33. The van der Waals surface area contributed by atoms with E-state index in [9.17, 15) is 0 Å². The molecule has 0 amide bonds. The second kappa shape index (κ2) is 3.94. The van der Waals surface area contributed by atoms with Gasteiger partial charge in [-0.3, -0.25) is 0 Å². The van der Waals surface area contributed by atoms with Crippen molar-refractivity contribution in [3.05, 3.63) is 28.3 Å². The Kier molecular flexibility index (Phi) is 2.65. The van der Waals surface area contributed by atoms with Crippen molar-refractivity contribution in [3.63, 3.8) is 0 Å². The van der Waals surface area contributed by atoms with E-state index in [4.69, 9.17) is 10.2 Å². The molecular formula is C10H12N2OS. The smallest absolute Gasteiger partial charge is 0.153 e. The normalized spacial score (nSPS) is 10.7. The van der Waals surface area contributed by atoms with Crippen molar-refractivity contribution in [1.82, 2.24) is 4.98 Å². The maximum atomic E-state index is 5.54. The van der Waals surface area contributed by atoms with Crippen LogP contribution in [0.4, 0.5) is 0 Å². The average molecular weight is 208 g/mol. The molecule has 2 aromatic heterocycles. The fourth-order valence-corrected chi connectivity index (χ4v) is 2.33. The number of nitrogens with two attached hydrogens (primary N) is 1. The predicted molar refractivity (Wildman–Crippen MR) is 57.3 cm³/mol.